The van der Waals surface area contributed by atoms with Gasteiger partial charge in [0.05, 0.1) is 0 Å². The van der Waals surface area contributed by atoms with Crippen molar-refractivity contribution in [2.24, 2.45) is 0 Å². The average Bonchev–Trinajstić information content (AvgIpc) is 2.97. The standard InChI is InChI=1S/C39H72O/c1-3-5-6-7-8-9-10-11-12-13-14-15-16-17-18-19-20-21-22-23-24-25-26-27-28-29-30-31-32-33-34-35-36-37-38-39(40)4-2/h18-19,25-26,32-33H,3-17,20-24,27-31,34-38H2,1-2H3/b19-18+,26-25+,33-32+. The molecule has 0 heterocycles. The van der Waals surface area contributed by atoms with Crippen LogP contribution in [-0.4, -0.2) is 5.78 Å². The minimum Gasteiger partial charge on any atom is -0.300 e. The number of hydrogen-bond acceptors (Lipinski definition) is 1. The molecule has 0 N–H and O–H groups in total. The summed E-state index contributed by atoms with van der Waals surface area (Å²) in [6, 6.07) is 0. The summed E-state index contributed by atoms with van der Waals surface area (Å²) in [5, 5.41) is 0. The molecule has 0 fully saturated rings. The summed E-state index contributed by atoms with van der Waals surface area (Å²) < 4.78 is 0. The second-order valence-corrected chi connectivity index (χ2v) is 12.2. The molecule has 0 spiro atoms. The zero-order valence-electron chi connectivity index (χ0n) is 27.6. The van der Waals surface area contributed by atoms with Gasteiger partial charge in [0, 0.05) is 12.8 Å². The van der Waals surface area contributed by atoms with Crippen LogP contribution >= 0.6 is 0 Å². The number of rotatable bonds is 33. The van der Waals surface area contributed by atoms with Gasteiger partial charge in [0.15, 0.2) is 0 Å². The summed E-state index contributed by atoms with van der Waals surface area (Å²) in [5.74, 6) is 0.416. The van der Waals surface area contributed by atoms with E-state index < -0.39 is 0 Å². The molecule has 0 saturated heterocycles. The van der Waals surface area contributed by atoms with Crippen LogP contribution < -0.4 is 0 Å². The first-order chi connectivity index (χ1) is 19.8. The Bertz CT molecular complexity index is 569. The summed E-state index contributed by atoms with van der Waals surface area (Å²) >= 11 is 0. The fourth-order valence-electron chi connectivity index (χ4n) is 5.33. The molecule has 0 radical (unpaired) electrons. The number of carbonyl (C=O) groups excluding carboxylic acids is 1. The van der Waals surface area contributed by atoms with Crippen LogP contribution in [0.25, 0.3) is 0 Å². The quantitative estimate of drug-likeness (QED) is 0.0580. The lowest BCUT2D eigenvalue weighted by Crippen LogP contribution is -1.93. The van der Waals surface area contributed by atoms with Crippen LogP contribution in [0.5, 0.6) is 0 Å². The molecular weight excluding hydrogens is 484 g/mol. The molecule has 40 heavy (non-hydrogen) atoms. The normalized spacial score (nSPS) is 12.1. The Morgan fingerprint density at radius 1 is 0.350 bits per heavy atom. The van der Waals surface area contributed by atoms with Crippen LogP contribution in [0, 0.1) is 0 Å². The highest BCUT2D eigenvalue weighted by Crippen LogP contribution is 2.14. The smallest absolute Gasteiger partial charge is 0.132 e. The fraction of sp³-hybridized carbons (Fsp3) is 0.821. The van der Waals surface area contributed by atoms with Crippen molar-refractivity contribution in [2.75, 3.05) is 0 Å². The Morgan fingerprint density at radius 2 is 0.600 bits per heavy atom. The lowest BCUT2D eigenvalue weighted by atomic mass is 10.0. The Labute approximate surface area is 253 Å². The van der Waals surface area contributed by atoms with Crippen molar-refractivity contribution in [3.8, 4) is 0 Å². The third-order valence-corrected chi connectivity index (χ3v) is 8.18. The van der Waals surface area contributed by atoms with E-state index in [0.717, 1.165) is 12.8 Å². The Morgan fingerprint density at radius 3 is 0.900 bits per heavy atom. The molecule has 0 aliphatic rings. The second kappa shape index (κ2) is 35.9. The minimum absolute atomic E-state index is 0.416. The summed E-state index contributed by atoms with van der Waals surface area (Å²) in [7, 11) is 0. The van der Waals surface area contributed by atoms with Gasteiger partial charge in [-0.2, -0.15) is 0 Å². The predicted molar refractivity (Wildman–Crippen MR) is 182 cm³/mol. The highest BCUT2D eigenvalue weighted by molar-refractivity contribution is 5.77. The third kappa shape index (κ3) is 34.9. The van der Waals surface area contributed by atoms with Crippen molar-refractivity contribution in [1.82, 2.24) is 0 Å². The monoisotopic (exact) mass is 557 g/mol. The van der Waals surface area contributed by atoms with Gasteiger partial charge < -0.3 is 0 Å². The maximum absolute atomic E-state index is 11.3. The van der Waals surface area contributed by atoms with Gasteiger partial charge in [0.1, 0.15) is 5.78 Å². The number of unbranched alkanes of at least 4 members (excludes halogenated alkanes) is 24. The van der Waals surface area contributed by atoms with Crippen molar-refractivity contribution in [2.45, 2.75) is 206 Å². The second-order valence-electron chi connectivity index (χ2n) is 12.2. The number of allylic oxidation sites excluding steroid dienone is 6. The van der Waals surface area contributed by atoms with Gasteiger partial charge in [-0.1, -0.05) is 147 Å². The van der Waals surface area contributed by atoms with Crippen LogP contribution in [0.1, 0.15) is 206 Å². The largest absolute Gasteiger partial charge is 0.300 e. The molecular formula is C39H72O. The first-order valence-electron chi connectivity index (χ1n) is 18.3. The third-order valence-electron chi connectivity index (χ3n) is 8.18. The maximum atomic E-state index is 11.3. The van der Waals surface area contributed by atoms with E-state index in [9.17, 15) is 4.79 Å². The van der Waals surface area contributed by atoms with E-state index in [1.54, 1.807) is 0 Å². The van der Waals surface area contributed by atoms with Gasteiger partial charge in [-0.05, 0) is 83.5 Å². The van der Waals surface area contributed by atoms with Gasteiger partial charge in [-0.3, -0.25) is 4.79 Å². The van der Waals surface area contributed by atoms with E-state index in [4.69, 9.17) is 0 Å². The number of hydrogen-bond donors (Lipinski definition) is 0. The van der Waals surface area contributed by atoms with E-state index >= 15 is 0 Å². The molecule has 0 aromatic rings. The van der Waals surface area contributed by atoms with Crippen LogP contribution in [0.2, 0.25) is 0 Å². The van der Waals surface area contributed by atoms with E-state index in [-0.39, 0.29) is 0 Å². The van der Waals surface area contributed by atoms with E-state index in [1.807, 2.05) is 6.92 Å². The number of Topliss-reactive ketones (excluding diaryl/α,β-unsaturated/α-hetero) is 1. The topological polar surface area (TPSA) is 17.1 Å². The number of carbonyl (C=O) groups is 1. The molecule has 0 aliphatic carbocycles. The Hall–Kier alpha value is -1.11. The molecule has 234 valence electrons. The Balaban J connectivity index is 3.21. The summed E-state index contributed by atoms with van der Waals surface area (Å²) in [5.41, 5.74) is 0. The average molecular weight is 557 g/mol. The van der Waals surface area contributed by atoms with Crippen LogP contribution in [0.3, 0.4) is 0 Å². The molecule has 0 rings (SSSR count). The molecule has 0 amide bonds. The maximum Gasteiger partial charge on any atom is 0.132 e. The van der Waals surface area contributed by atoms with E-state index in [1.165, 1.54) is 173 Å². The first-order valence-corrected chi connectivity index (χ1v) is 18.3. The van der Waals surface area contributed by atoms with Crippen LogP contribution in [0.4, 0.5) is 0 Å². The molecule has 0 aromatic heterocycles. The predicted octanol–water partition coefficient (Wildman–Crippen LogP) is 14.0. The summed E-state index contributed by atoms with van der Waals surface area (Å²) in [6.45, 7) is 4.26. The molecule has 0 bridgehead atoms. The van der Waals surface area contributed by atoms with Crippen molar-refractivity contribution in [3.63, 3.8) is 0 Å². The number of ketones is 1. The highest BCUT2D eigenvalue weighted by atomic mass is 16.1. The lowest BCUT2D eigenvalue weighted by molar-refractivity contribution is -0.118. The van der Waals surface area contributed by atoms with Gasteiger partial charge in [-0.25, -0.2) is 0 Å². The molecule has 0 aromatic carbocycles. The fourth-order valence-corrected chi connectivity index (χ4v) is 5.33. The summed E-state index contributed by atoms with van der Waals surface area (Å²) in [4.78, 5) is 11.3. The van der Waals surface area contributed by atoms with Crippen LogP contribution in [0.15, 0.2) is 36.5 Å². The molecule has 1 nitrogen and oxygen atoms in total. The van der Waals surface area contributed by atoms with E-state index in [2.05, 4.69) is 43.4 Å². The zero-order valence-corrected chi connectivity index (χ0v) is 27.6. The minimum atomic E-state index is 0.416. The van der Waals surface area contributed by atoms with Crippen molar-refractivity contribution in [1.29, 1.82) is 0 Å². The molecule has 0 saturated carbocycles. The van der Waals surface area contributed by atoms with Gasteiger partial charge in [0.25, 0.3) is 0 Å². The van der Waals surface area contributed by atoms with E-state index in [0.29, 0.717) is 12.2 Å². The SMILES string of the molecule is CCCCCCCCCCCCCCC/C=C/CCCCC/C=C/CCCCC/C=C/CCCCCC(=O)CC. The summed E-state index contributed by atoms with van der Waals surface area (Å²) in [6.07, 6.45) is 53.7. The molecule has 1 heteroatoms. The highest BCUT2D eigenvalue weighted by Gasteiger charge is 1.97. The molecule has 0 atom stereocenters. The Kier molecular flexibility index (Phi) is 34.9. The molecule has 0 unspecified atom stereocenters. The van der Waals surface area contributed by atoms with Crippen molar-refractivity contribution >= 4 is 5.78 Å². The van der Waals surface area contributed by atoms with Gasteiger partial charge in [0.2, 0.25) is 0 Å². The first kappa shape index (κ1) is 38.9. The van der Waals surface area contributed by atoms with Crippen molar-refractivity contribution in [3.05, 3.63) is 36.5 Å². The van der Waals surface area contributed by atoms with Gasteiger partial charge in [-0.15, -0.1) is 0 Å². The zero-order chi connectivity index (χ0) is 29.0. The molecule has 0 aliphatic heterocycles. The van der Waals surface area contributed by atoms with Gasteiger partial charge >= 0.3 is 0 Å². The van der Waals surface area contributed by atoms with Crippen molar-refractivity contribution < 1.29 is 4.79 Å². The van der Waals surface area contributed by atoms with Crippen LogP contribution in [-0.2, 0) is 4.79 Å². The lowest BCUT2D eigenvalue weighted by Gasteiger charge is -2.02.